The lowest BCUT2D eigenvalue weighted by Crippen LogP contribution is -2.24. The van der Waals surface area contributed by atoms with Crippen molar-refractivity contribution in [1.29, 1.82) is 0 Å². The second kappa shape index (κ2) is 33.2. The van der Waals surface area contributed by atoms with Gasteiger partial charge in [-0.05, 0) is 63.5 Å². The summed E-state index contributed by atoms with van der Waals surface area (Å²) in [5, 5.41) is 0. The van der Waals surface area contributed by atoms with E-state index in [0.717, 1.165) is 31.8 Å². The van der Waals surface area contributed by atoms with E-state index in [0.29, 0.717) is 24.4 Å². The number of allylic oxidation sites excluding steroid dienone is 2. The molecular formula is C33H68O4. The van der Waals surface area contributed by atoms with E-state index < -0.39 is 0 Å². The highest BCUT2D eigenvalue weighted by atomic mass is 17.2. The molecule has 0 aromatic heterocycles. The highest BCUT2D eigenvalue weighted by molar-refractivity contribution is 5.05. The zero-order valence-electron chi connectivity index (χ0n) is 26.9. The van der Waals surface area contributed by atoms with E-state index in [2.05, 4.69) is 55.0 Å². The molecule has 4 atom stereocenters. The molecule has 224 valence electrons. The van der Waals surface area contributed by atoms with Gasteiger partial charge in [-0.1, -0.05) is 120 Å². The molecule has 0 amide bonds. The standard InChI is InChI=1S/C17H36O2.C8H14O2.C8H18/c1-6-10-12-16(8-3)14-18-15(5)19-17(9-4)13-11-7-2;1-4-7-9-10-8(5-2)6-3;1-4-6-7-8(3)5-2/h15-17H,6-14H2,1-5H3;5-6H,2,4,7H2,1,3H3;8H,4-7H2,1-3H3/b;8-6+;. The van der Waals surface area contributed by atoms with E-state index in [1.807, 2.05) is 20.8 Å². The lowest BCUT2D eigenvalue weighted by Gasteiger charge is -2.23. The largest absolute Gasteiger partial charge is 0.353 e. The third-order valence-electron chi connectivity index (χ3n) is 6.50. The maximum atomic E-state index is 5.98. The molecule has 0 rings (SSSR count). The van der Waals surface area contributed by atoms with Gasteiger partial charge in [-0.3, -0.25) is 0 Å². The van der Waals surface area contributed by atoms with Gasteiger partial charge in [0.15, 0.2) is 12.0 Å². The fourth-order valence-corrected chi connectivity index (χ4v) is 3.43. The maximum Gasteiger partial charge on any atom is 0.160 e. The van der Waals surface area contributed by atoms with Crippen molar-refractivity contribution in [2.24, 2.45) is 11.8 Å². The Kier molecular flexibility index (Phi) is 36.5. The molecule has 0 aliphatic carbocycles. The van der Waals surface area contributed by atoms with Gasteiger partial charge >= 0.3 is 0 Å². The quantitative estimate of drug-likeness (QED) is 0.0349. The topological polar surface area (TPSA) is 36.9 Å². The molecule has 4 nitrogen and oxygen atoms in total. The Labute approximate surface area is 233 Å². The van der Waals surface area contributed by atoms with Crippen molar-refractivity contribution in [3.05, 3.63) is 24.5 Å². The molecule has 0 heterocycles. The summed E-state index contributed by atoms with van der Waals surface area (Å²) in [6.45, 7) is 26.7. The Morgan fingerprint density at radius 2 is 1.35 bits per heavy atom. The first-order chi connectivity index (χ1) is 17.8. The zero-order valence-corrected chi connectivity index (χ0v) is 26.9. The van der Waals surface area contributed by atoms with Crippen LogP contribution in [0.2, 0.25) is 0 Å². The van der Waals surface area contributed by atoms with Gasteiger partial charge in [0, 0.05) is 0 Å². The first-order valence-corrected chi connectivity index (χ1v) is 15.7. The van der Waals surface area contributed by atoms with Gasteiger partial charge in [-0.15, -0.1) is 0 Å². The predicted octanol–water partition coefficient (Wildman–Crippen LogP) is 11.2. The lowest BCUT2D eigenvalue weighted by atomic mass is 10.0. The summed E-state index contributed by atoms with van der Waals surface area (Å²) in [5.41, 5.74) is 0. The summed E-state index contributed by atoms with van der Waals surface area (Å²) in [4.78, 5) is 9.61. The van der Waals surface area contributed by atoms with Crippen molar-refractivity contribution in [2.45, 2.75) is 165 Å². The molecule has 4 heteroatoms. The summed E-state index contributed by atoms with van der Waals surface area (Å²) in [6, 6.07) is 0. The molecule has 0 bridgehead atoms. The molecule has 37 heavy (non-hydrogen) atoms. The van der Waals surface area contributed by atoms with Crippen LogP contribution in [-0.4, -0.2) is 25.6 Å². The Morgan fingerprint density at radius 3 is 1.81 bits per heavy atom. The van der Waals surface area contributed by atoms with Crippen LogP contribution in [0.4, 0.5) is 0 Å². The molecule has 0 aromatic carbocycles. The summed E-state index contributed by atoms with van der Waals surface area (Å²) in [6.07, 6.45) is 20.0. The monoisotopic (exact) mass is 529 g/mol. The number of ether oxygens (including phenoxy) is 2. The molecule has 0 saturated carbocycles. The van der Waals surface area contributed by atoms with Crippen molar-refractivity contribution in [2.75, 3.05) is 13.2 Å². The van der Waals surface area contributed by atoms with Gasteiger partial charge < -0.3 is 14.4 Å². The van der Waals surface area contributed by atoms with Gasteiger partial charge in [0.2, 0.25) is 0 Å². The molecule has 0 aliphatic rings. The molecule has 0 aliphatic heterocycles. The van der Waals surface area contributed by atoms with E-state index in [9.17, 15) is 0 Å². The number of hydrogen-bond acceptors (Lipinski definition) is 4. The molecule has 0 fully saturated rings. The SMILES string of the molecule is C=C/C(=C\C)OOCCC.CCCCC(C)CC.CCCCC(CC)COC(C)OC(CC)CCCC. The fraction of sp³-hybridized carbons (Fsp3) is 0.879. The molecule has 0 spiro atoms. The van der Waals surface area contributed by atoms with Crippen LogP contribution in [0.3, 0.4) is 0 Å². The van der Waals surface area contributed by atoms with Crippen LogP contribution in [0.15, 0.2) is 24.5 Å². The van der Waals surface area contributed by atoms with Crippen LogP contribution in [-0.2, 0) is 19.2 Å². The predicted molar refractivity (Wildman–Crippen MR) is 164 cm³/mol. The van der Waals surface area contributed by atoms with Crippen LogP contribution >= 0.6 is 0 Å². The van der Waals surface area contributed by atoms with Gasteiger partial charge in [0.1, 0.15) is 0 Å². The minimum absolute atomic E-state index is 0.0579. The van der Waals surface area contributed by atoms with Gasteiger partial charge in [0.05, 0.1) is 19.3 Å². The van der Waals surface area contributed by atoms with Gasteiger partial charge in [-0.25, -0.2) is 0 Å². The number of hydrogen-bond donors (Lipinski definition) is 0. The van der Waals surface area contributed by atoms with Crippen molar-refractivity contribution in [3.8, 4) is 0 Å². The third-order valence-corrected chi connectivity index (χ3v) is 6.50. The van der Waals surface area contributed by atoms with Crippen molar-refractivity contribution in [1.82, 2.24) is 0 Å². The van der Waals surface area contributed by atoms with Crippen molar-refractivity contribution in [3.63, 3.8) is 0 Å². The minimum atomic E-state index is -0.0579. The molecule has 0 radical (unpaired) electrons. The minimum Gasteiger partial charge on any atom is -0.353 e. The Bertz CT molecular complexity index is 463. The Hall–Kier alpha value is -0.840. The lowest BCUT2D eigenvalue weighted by molar-refractivity contribution is -0.257. The zero-order chi connectivity index (χ0) is 28.7. The summed E-state index contributed by atoms with van der Waals surface area (Å²) < 4.78 is 11.9. The van der Waals surface area contributed by atoms with Crippen LogP contribution in [0.5, 0.6) is 0 Å². The van der Waals surface area contributed by atoms with Gasteiger partial charge in [0.25, 0.3) is 0 Å². The first kappa shape index (κ1) is 40.7. The van der Waals surface area contributed by atoms with E-state index in [-0.39, 0.29) is 6.29 Å². The normalized spacial score (nSPS) is 14.4. The highest BCUT2D eigenvalue weighted by Crippen LogP contribution is 2.16. The van der Waals surface area contributed by atoms with Gasteiger partial charge in [-0.2, -0.15) is 4.89 Å². The second-order valence-corrected chi connectivity index (χ2v) is 10.1. The molecule has 4 unspecified atom stereocenters. The fourth-order valence-electron chi connectivity index (χ4n) is 3.43. The van der Waals surface area contributed by atoms with E-state index in [1.54, 1.807) is 12.2 Å². The summed E-state index contributed by atoms with van der Waals surface area (Å²) in [5.74, 6) is 2.31. The average molecular weight is 529 g/mol. The second-order valence-electron chi connectivity index (χ2n) is 10.1. The number of rotatable bonds is 22. The Morgan fingerprint density at radius 1 is 0.757 bits per heavy atom. The van der Waals surface area contributed by atoms with Crippen LogP contribution in [0.1, 0.15) is 153 Å². The Balaban J connectivity index is -0.000000535. The van der Waals surface area contributed by atoms with Crippen molar-refractivity contribution >= 4 is 0 Å². The molecular weight excluding hydrogens is 460 g/mol. The highest BCUT2D eigenvalue weighted by Gasteiger charge is 2.13. The summed E-state index contributed by atoms with van der Waals surface area (Å²) >= 11 is 0. The van der Waals surface area contributed by atoms with E-state index >= 15 is 0 Å². The smallest absolute Gasteiger partial charge is 0.160 e. The average Bonchev–Trinajstić information content (AvgIpc) is 2.92. The molecule has 0 N–H and O–H groups in total. The van der Waals surface area contributed by atoms with E-state index in [4.69, 9.17) is 19.2 Å². The van der Waals surface area contributed by atoms with Crippen LogP contribution < -0.4 is 0 Å². The van der Waals surface area contributed by atoms with Crippen molar-refractivity contribution < 1.29 is 19.2 Å². The number of unbranched alkanes of at least 4 members (excludes halogenated alkanes) is 3. The third kappa shape index (κ3) is 31.3. The van der Waals surface area contributed by atoms with Crippen LogP contribution in [0.25, 0.3) is 0 Å². The molecule has 0 saturated heterocycles. The van der Waals surface area contributed by atoms with E-state index in [1.165, 1.54) is 64.2 Å². The summed E-state index contributed by atoms with van der Waals surface area (Å²) in [7, 11) is 0. The molecule has 0 aromatic rings. The van der Waals surface area contributed by atoms with Crippen LogP contribution in [0, 0.1) is 11.8 Å². The maximum absolute atomic E-state index is 5.98. The first-order valence-electron chi connectivity index (χ1n) is 15.7.